The van der Waals surface area contributed by atoms with Crippen LogP contribution in [0.25, 0.3) is 0 Å². The van der Waals surface area contributed by atoms with E-state index in [0.29, 0.717) is 12.6 Å². The molecule has 9 heteroatoms. The third-order valence-electron chi connectivity index (χ3n) is 5.50. The molecule has 0 spiro atoms. The summed E-state index contributed by atoms with van der Waals surface area (Å²) < 4.78 is 31.0. The lowest BCUT2D eigenvalue weighted by atomic mass is 10.2. The smallest absolute Gasteiger partial charge is 0.286 e. The molecule has 0 aliphatic rings. The van der Waals surface area contributed by atoms with Gasteiger partial charge in [0.2, 0.25) is 0 Å². The second-order valence-corrected chi connectivity index (χ2v) is 11.2. The van der Waals surface area contributed by atoms with Crippen molar-refractivity contribution in [3.63, 3.8) is 0 Å². The number of rotatable bonds is 11. The second kappa shape index (κ2) is 11.9. The van der Waals surface area contributed by atoms with Gasteiger partial charge in [-0.25, -0.2) is 8.42 Å². The molecule has 1 heterocycles. The minimum atomic E-state index is -3.84. The zero-order chi connectivity index (χ0) is 24.7. The molecule has 1 atom stereocenters. The van der Waals surface area contributed by atoms with Crippen molar-refractivity contribution in [1.29, 1.82) is 0 Å². The van der Waals surface area contributed by atoms with Crippen molar-refractivity contribution in [2.45, 2.75) is 43.5 Å². The summed E-state index contributed by atoms with van der Waals surface area (Å²) >= 11 is 12.1. The number of sulfone groups is 1. The molecule has 2 aromatic carbocycles. The molecular formula is C25H29Cl2N2O4S+. The number of quaternary nitrogens is 1. The fraction of sp³-hybridized carbons (Fsp3) is 0.320. The van der Waals surface area contributed by atoms with Crippen molar-refractivity contribution in [3.8, 4) is 0 Å². The van der Waals surface area contributed by atoms with Gasteiger partial charge in [0.05, 0.1) is 22.6 Å². The molecule has 0 bridgehead atoms. The van der Waals surface area contributed by atoms with E-state index in [1.807, 2.05) is 18.2 Å². The van der Waals surface area contributed by atoms with Gasteiger partial charge in [0, 0.05) is 18.5 Å². The number of hydrogen-bond acceptors (Lipinski definition) is 4. The third-order valence-corrected chi connectivity index (χ3v) is 8.08. The Labute approximate surface area is 210 Å². The van der Waals surface area contributed by atoms with E-state index in [1.165, 1.54) is 34.7 Å². The summed E-state index contributed by atoms with van der Waals surface area (Å²) in [5, 5.41) is 2.93. The molecule has 0 aliphatic carbocycles. The standard InChI is InChI=1S/C25H28Cl2N2O4S/c1-18(2)29(16-19-8-4-3-5-9-19)15-7-14-28-25(30)23-13-12-20(33-23)17-34(31,32)24-21(26)10-6-11-22(24)27/h3-6,8-13,18H,7,14-17H2,1-2H3,(H,28,30)/p+1. The first kappa shape index (κ1) is 26.3. The van der Waals surface area contributed by atoms with Crippen LogP contribution in [0, 0.1) is 0 Å². The quantitative estimate of drug-likeness (QED) is 0.369. The normalized spacial score (nSPS) is 12.6. The maximum Gasteiger partial charge on any atom is 0.286 e. The van der Waals surface area contributed by atoms with Crippen LogP contribution in [0.4, 0.5) is 0 Å². The first-order valence-electron chi connectivity index (χ1n) is 11.1. The molecule has 0 saturated carbocycles. The number of furan rings is 1. The molecule has 0 fully saturated rings. The number of amides is 1. The molecule has 3 rings (SSSR count). The monoisotopic (exact) mass is 523 g/mol. The molecule has 34 heavy (non-hydrogen) atoms. The lowest BCUT2D eigenvalue weighted by Gasteiger charge is -2.23. The third kappa shape index (κ3) is 7.09. The molecular weight excluding hydrogens is 495 g/mol. The maximum absolute atomic E-state index is 12.8. The van der Waals surface area contributed by atoms with Gasteiger partial charge in [-0.2, -0.15) is 0 Å². The van der Waals surface area contributed by atoms with Gasteiger partial charge < -0.3 is 14.6 Å². The summed E-state index contributed by atoms with van der Waals surface area (Å²) in [6.07, 6.45) is 0.805. The van der Waals surface area contributed by atoms with Gasteiger partial charge >= 0.3 is 0 Å². The number of benzene rings is 2. The minimum absolute atomic E-state index is 0.0434. The molecule has 182 valence electrons. The van der Waals surface area contributed by atoms with E-state index in [-0.39, 0.29) is 32.4 Å². The zero-order valence-corrected chi connectivity index (χ0v) is 21.5. The predicted octanol–water partition coefficient (Wildman–Crippen LogP) is 4.17. The number of carbonyl (C=O) groups is 1. The SMILES string of the molecule is CC(C)[NH+](CCCNC(=O)c1ccc(CS(=O)(=O)c2c(Cl)cccc2Cl)o1)Cc1ccccc1. The van der Waals surface area contributed by atoms with Gasteiger partial charge in [-0.15, -0.1) is 0 Å². The van der Waals surface area contributed by atoms with E-state index < -0.39 is 15.6 Å². The molecule has 0 radical (unpaired) electrons. The molecule has 0 saturated heterocycles. The van der Waals surface area contributed by atoms with Gasteiger partial charge in [0.25, 0.3) is 5.91 Å². The van der Waals surface area contributed by atoms with Crippen molar-refractivity contribution < 1.29 is 22.5 Å². The summed E-state index contributed by atoms with van der Waals surface area (Å²) in [5.41, 5.74) is 1.28. The van der Waals surface area contributed by atoms with Gasteiger partial charge in [-0.3, -0.25) is 4.79 Å². The van der Waals surface area contributed by atoms with Crippen molar-refractivity contribution >= 4 is 38.9 Å². The van der Waals surface area contributed by atoms with Crippen LogP contribution in [0.1, 0.15) is 42.1 Å². The summed E-state index contributed by atoms with van der Waals surface area (Å²) in [5.74, 6) is -0.628. The Morgan fingerprint density at radius 3 is 2.32 bits per heavy atom. The Morgan fingerprint density at radius 2 is 1.68 bits per heavy atom. The van der Waals surface area contributed by atoms with Crippen LogP contribution in [-0.2, 0) is 22.1 Å². The highest BCUT2D eigenvalue weighted by Gasteiger charge is 2.24. The Hall–Kier alpha value is -2.32. The van der Waals surface area contributed by atoms with Crippen LogP contribution in [-0.4, -0.2) is 33.5 Å². The molecule has 1 amide bonds. The van der Waals surface area contributed by atoms with Gasteiger partial charge in [0.15, 0.2) is 15.6 Å². The molecule has 2 N–H and O–H groups in total. The van der Waals surface area contributed by atoms with E-state index in [9.17, 15) is 13.2 Å². The Kier molecular flexibility index (Phi) is 9.19. The van der Waals surface area contributed by atoms with Crippen LogP contribution < -0.4 is 10.2 Å². The summed E-state index contributed by atoms with van der Waals surface area (Å²) in [6.45, 7) is 6.70. The summed E-state index contributed by atoms with van der Waals surface area (Å²) in [6, 6.07) is 18.2. The van der Waals surface area contributed by atoms with Crippen molar-refractivity contribution in [2.75, 3.05) is 13.1 Å². The molecule has 6 nitrogen and oxygen atoms in total. The number of carbonyl (C=O) groups excluding carboxylic acids is 1. The lowest BCUT2D eigenvalue weighted by Crippen LogP contribution is -3.13. The molecule has 0 aliphatic heterocycles. The van der Waals surface area contributed by atoms with Crippen LogP contribution in [0.2, 0.25) is 10.0 Å². The fourth-order valence-corrected chi connectivity index (χ4v) is 6.17. The van der Waals surface area contributed by atoms with E-state index in [1.54, 1.807) is 6.07 Å². The number of halogens is 2. The van der Waals surface area contributed by atoms with Crippen LogP contribution in [0.3, 0.4) is 0 Å². The average molecular weight is 524 g/mol. The van der Waals surface area contributed by atoms with Crippen molar-refractivity contribution in [2.24, 2.45) is 0 Å². The minimum Gasteiger partial charge on any atom is -0.455 e. The van der Waals surface area contributed by atoms with E-state index in [0.717, 1.165) is 19.5 Å². The second-order valence-electron chi connectivity index (χ2n) is 8.41. The van der Waals surface area contributed by atoms with E-state index in [2.05, 4.69) is 31.3 Å². The van der Waals surface area contributed by atoms with E-state index in [4.69, 9.17) is 27.6 Å². The van der Waals surface area contributed by atoms with Crippen LogP contribution in [0.15, 0.2) is 70.0 Å². The number of nitrogens with one attached hydrogen (secondary N) is 2. The molecule has 1 unspecified atom stereocenters. The highest BCUT2D eigenvalue weighted by molar-refractivity contribution is 7.90. The molecule has 1 aromatic heterocycles. The van der Waals surface area contributed by atoms with Crippen molar-refractivity contribution in [1.82, 2.24) is 5.32 Å². The summed E-state index contributed by atoms with van der Waals surface area (Å²) in [7, 11) is -3.84. The lowest BCUT2D eigenvalue weighted by molar-refractivity contribution is -0.935. The Bertz CT molecular complexity index is 1190. The van der Waals surface area contributed by atoms with Gasteiger partial charge in [0.1, 0.15) is 23.0 Å². The zero-order valence-electron chi connectivity index (χ0n) is 19.2. The Balaban J connectivity index is 1.52. The Morgan fingerprint density at radius 1 is 1.00 bits per heavy atom. The van der Waals surface area contributed by atoms with E-state index >= 15 is 0 Å². The van der Waals surface area contributed by atoms with Gasteiger partial charge in [-0.05, 0) is 38.1 Å². The maximum atomic E-state index is 12.8. The largest absolute Gasteiger partial charge is 0.455 e. The fourth-order valence-electron chi connectivity index (χ4n) is 3.66. The average Bonchev–Trinajstić information content (AvgIpc) is 3.23. The first-order valence-corrected chi connectivity index (χ1v) is 13.5. The van der Waals surface area contributed by atoms with Crippen molar-refractivity contribution in [3.05, 3.63) is 87.8 Å². The van der Waals surface area contributed by atoms with Crippen LogP contribution >= 0.6 is 23.2 Å². The highest BCUT2D eigenvalue weighted by Crippen LogP contribution is 2.31. The molecule has 3 aromatic rings. The highest BCUT2D eigenvalue weighted by atomic mass is 35.5. The number of hydrogen-bond donors (Lipinski definition) is 2. The topological polar surface area (TPSA) is 80.8 Å². The van der Waals surface area contributed by atoms with Crippen LogP contribution in [0.5, 0.6) is 0 Å². The summed E-state index contributed by atoms with van der Waals surface area (Å²) in [4.78, 5) is 13.8. The van der Waals surface area contributed by atoms with Gasteiger partial charge in [-0.1, -0.05) is 59.6 Å². The predicted molar refractivity (Wildman–Crippen MR) is 134 cm³/mol. The first-order chi connectivity index (χ1) is 16.2.